The third kappa shape index (κ3) is 4.91. The minimum absolute atomic E-state index is 0.0371. The number of hydrogen-bond donors (Lipinski definition) is 0. The summed E-state index contributed by atoms with van der Waals surface area (Å²) >= 11 is 0. The zero-order valence-electron chi connectivity index (χ0n) is 17.2. The predicted molar refractivity (Wildman–Crippen MR) is 107 cm³/mol. The summed E-state index contributed by atoms with van der Waals surface area (Å²) in [6.07, 6.45) is 6.57. The SMILES string of the molecule is CC1=CC=C[C@@H](O[Si](C)(C)C(C)(C)C)[C@@H]1O[Si](C)(C)C(C)(C)C. The van der Waals surface area contributed by atoms with Crippen molar-refractivity contribution in [3.63, 3.8) is 0 Å². The Morgan fingerprint density at radius 2 is 1.26 bits per heavy atom. The van der Waals surface area contributed by atoms with E-state index in [1.54, 1.807) is 0 Å². The molecule has 0 radical (unpaired) electrons. The van der Waals surface area contributed by atoms with Gasteiger partial charge in [-0.1, -0.05) is 59.8 Å². The summed E-state index contributed by atoms with van der Waals surface area (Å²) in [6, 6.07) is 0. The second-order valence-corrected chi connectivity index (χ2v) is 19.4. The minimum Gasteiger partial charge on any atom is -0.408 e. The second kappa shape index (κ2) is 6.62. The third-order valence-corrected chi connectivity index (χ3v) is 14.8. The van der Waals surface area contributed by atoms with E-state index in [0.29, 0.717) is 0 Å². The Kier molecular flexibility index (Phi) is 6.01. The first kappa shape index (κ1) is 20.9. The van der Waals surface area contributed by atoms with Crippen LogP contribution in [0.5, 0.6) is 0 Å². The molecule has 1 rings (SSSR count). The van der Waals surface area contributed by atoms with E-state index in [0.717, 1.165) is 0 Å². The van der Waals surface area contributed by atoms with Gasteiger partial charge in [0.1, 0.15) is 0 Å². The molecule has 0 heterocycles. The molecule has 0 saturated heterocycles. The lowest BCUT2D eigenvalue weighted by Crippen LogP contribution is -2.52. The molecular formula is C19H38O2Si2. The molecule has 0 unspecified atom stereocenters. The summed E-state index contributed by atoms with van der Waals surface area (Å²) in [6.45, 7) is 25.2. The predicted octanol–water partition coefficient (Wildman–Crippen LogP) is 6.28. The fourth-order valence-corrected chi connectivity index (χ4v) is 4.59. The van der Waals surface area contributed by atoms with Crippen LogP contribution >= 0.6 is 0 Å². The molecule has 134 valence electrons. The molecule has 2 atom stereocenters. The quantitative estimate of drug-likeness (QED) is 0.553. The van der Waals surface area contributed by atoms with Crippen LogP contribution in [0.3, 0.4) is 0 Å². The largest absolute Gasteiger partial charge is 0.408 e. The summed E-state index contributed by atoms with van der Waals surface area (Å²) < 4.78 is 13.4. The zero-order chi connectivity index (χ0) is 18.3. The van der Waals surface area contributed by atoms with Crippen molar-refractivity contribution in [1.82, 2.24) is 0 Å². The van der Waals surface area contributed by atoms with Crippen molar-refractivity contribution in [2.24, 2.45) is 0 Å². The van der Waals surface area contributed by atoms with Gasteiger partial charge in [-0.25, -0.2) is 0 Å². The molecule has 1 aliphatic rings. The van der Waals surface area contributed by atoms with Gasteiger partial charge >= 0.3 is 0 Å². The molecule has 0 aromatic rings. The molecule has 0 spiro atoms. The average Bonchev–Trinajstić information content (AvgIpc) is 2.30. The van der Waals surface area contributed by atoms with E-state index < -0.39 is 16.6 Å². The van der Waals surface area contributed by atoms with Crippen LogP contribution in [0.4, 0.5) is 0 Å². The van der Waals surface area contributed by atoms with E-state index in [4.69, 9.17) is 8.85 Å². The van der Waals surface area contributed by atoms with Gasteiger partial charge < -0.3 is 8.85 Å². The first-order chi connectivity index (χ1) is 10.1. The van der Waals surface area contributed by atoms with Crippen molar-refractivity contribution in [3.05, 3.63) is 23.8 Å². The molecule has 0 N–H and O–H groups in total. The molecule has 2 nitrogen and oxygen atoms in total. The maximum absolute atomic E-state index is 6.74. The summed E-state index contributed by atoms with van der Waals surface area (Å²) in [5.41, 5.74) is 1.28. The molecule has 0 saturated carbocycles. The van der Waals surface area contributed by atoms with E-state index >= 15 is 0 Å². The van der Waals surface area contributed by atoms with Crippen LogP contribution in [0, 0.1) is 0 Å². The zero-order valence-corrected chi connectivity index (χ0v) is 19.2. The van der Waals surface area contributed by atoms with Crippen molar-refractivity contribution < 1.29 is 8.85 Å². The molecule has 1 aliphatic carbocycles. The van der Waals surface area contributed by atoms with Gasteiger partial charge in [0, 0.05) is 0 Å². The molecule has 23 heavy (non-hydrogen) atoms. The van der Waals surface area contributed by atoms with Crippen LogP contribution in [-0.4, -0.2) is 28.8 Å². The van der Waals surface area contributed by atoms with E-state index in [1.807, 2.05) is 0 Å². The fraction of sp³-hybridized carbons (Fsp3) is 0.789. The van der Waals surface area contributed by atoms with Crippen LogP contribution in [0.25, 0.3) is 0 Å². The number of allylic oxidation sites excluding steroid dienone is 2. The number of hydrogen-bond acceptors (Lipinski definition) is 2. The Hall–Kier alpha value is -0.166. The molecule has 0 bridgehead atoms. The molecular weight excluding hydrogens is 316 g/mol. The Bertz CT molecular complexity index is 477. The molecule has 0 fully saturated rings. The third-order valence-electron chi connectivity index (χ3n) is 5.87. The van der Waals surface area contributed by atoms with Crippen LogP contribution in [0.1, 0.15) is 48.5 Å². The normalized spacial score (nSPS) is 23.9. The monoisotopic (exact) mass is 354 g/mol. The van der Waals surface area contributed by atoms with Gasteiger partial charge in [-0.05, 0) is 48.8 Å². The Labute approximate surface area is 146 Å². The summed E-state index contributed by atoms with van der Waals surface area (Å²) in [5.74, 6) is 0. The fourth-order valence-electron chi connectivity index (χ4n) is 2.04. The lowest BCUT2D eigenvalue weighted by Gasteiger charge is -2.45. The molecule has 4 heteroatoms. The van der Waals surface area contributed by atoms with Gasteiger partial charge in [0.25, 0.3) is 0 Å². The van der Waals surface area contributed by atoms with Gasteiger partial charge in [0.2, 0.25) is 0 Å². The maximum atomic E-state index is 6.74. The van der Waals surface area contributed by atoms with Gasteiger partial charge in [0.05, 0.1) is 12.2 Å². The highest BCUT2D eigenvalue weighted by atomic mass is 28.4. The van der Waals surface area contributed by atoms with Crippen molar-refractivity contribution >= 4 is 16.6 Å². The van der Waals surface area contributed by atoms with Gasteiger partial charge in [-0.15, -0.1) is 0 Å². The lowest BCUT2D eigenvalue weighted by atomic mass is 10.0. The Morgan fingerprint density at radius 1 is 0.826 bits per heavy atom. The first-order valence-electron chi connectivity index (χ1n) is 8.79. The molecule has 0 aromatic heterocycles. The van der Waals surface area contributed by atoms with E-state index in [1.165, 1.54) is 5.57 Å². The van der Waals surface area contributed by atoms with Crippen LogP contribution in [0.2, 0.25) is 36.3 Å². The van der Waals surface area contributed by atoms with Crippen LogP contribution in [-0.2, 0) is 8.85 Å². The van der Waals surface area contributed by atoms with E-state index in [9.17, 15) is 0 Å². The Morgan fingerprint density at radius 3 is 1.70 bits per heavy atom. The van der Waals surface area contributed by atoms with Gasteiger partial charge in [0.15, 0.2) is 16.6 Å². The molecule has 0 aromatic carbocycles. The van der Waals surface area contributed by atoms with E-state index in [2.05, 4.69) is 92.9 Å². The van der Waals surface area contributed by atoms with Gasteiger partial charge in [-0.3, -0.25) is 0 Å². The molecule has 0 aliphatic heterocycles. The smallest absolute Gasteiger partial charge is 0.193 e. The highest BCUT2D eigenvalue weighted by Gasteiger charge is 2.44. The van der Waals surface area contributed by atoms with E-state index in [-0.39, 0.29) is 22.3 Å². The summed E-state index contributed by atoms with van der Waals surface area (Å²) in [7, 11) is -3.66. The van der Waals surface area contributed by atoms with Crippen molar-refractivity contribution in [3.8, 4) is 0 Å². The van der Waals surface area contributed by atoms with Crippen LogP contribution in [0.15, 0.2) is 23.8 Å². The minimum atomic E-state index is -1.84. The van der Waals surface area contributed by atoms with Gasteiger partial charge in [-0.2, -0.15) is 0 Å². The summed E-state index contributed by atoms with van der Waals surface area (Å²) in [4.78, 5) is 0. The second-order valence-electron chi connectivity index (χ2n) is 9.94. The Balaban J connectivity index is 3.04. The number of rotatable bonds is 4. The standard InChI is InChI=1S/C19H38O2Si2/c1-15-13-12-14-16(20-22(8,9)18(2,3)4)17(15)21-23(10,11)19(5,6)7/h12-14,16-17H,1-11H3/t16-,17-/m1/s1. The topological polar surface area (TPSA) is 18.5 Å². The lowest BCUT2D eigenvalue weighted by molar-refractivity contribution is 0.0849. The molecule has 0 amide bonds. The van der Waals surface area contributed by atoms with Crippen LogP contribution < -0.4 is 0 Å². The highest BCUT2D eigenvalue weighted by molar-refractivity contribution is 6.74. The highest BCUT2D eigenvalue weighted by Crippen LogP contribution is 2.42. The summed E-state index contributed by atoms with van der Waals surface area (Å²) in [5, 5.41) is 0.410. The maximum Gasteiger partial charge on any atom is 0.193 e. The first-order valence-corrected chi connectivity index (χ1v) is 14.6. The average molecular weight is 355 g/mol. The van der Waals surface area contributed by atoms with Crippen molar-refractivity contribution in [2.45, 2.75) is 96.9 Å². The van der Waals surface area contributed by atoms with Crippen molar-refractivity contribution in [2.75, 3.05) is 0 Å². The van der Waals surface area contributed by atoms with Crippen molar-refractivity contribution in [1.29, 1.82) is 0 Å².